The summed E-state index contributed by atoms with van der Waals surface area (Å²) in [6, 6.07) is 4.82. The second-order valence-electron chi connectivity index (χ2n) is 4.90. The van der Waals surface area contributed by atoms with Gasteiger partial charge in [-0.15, -0.1) is 0 Å². The minimum Gasteiger partial charge on any atom is -0.313 e. The van der Waals surface area contributed by atoms with E-state index in [2.05, 4.69) is 35.1 Å². The van der Waals surface area contributed by atoms with Gasteiger partial charge in [0.1, 0.15) is 0 Å². The van der Waals surface area contributed by atoms with Crippen LogP contribution in [0.4, 0.5) is 0 Å². The lowest BCUT2D eigenvalue weighted by Gasteiger charge is -2.33. The summed E-state index contributed by atoms with van der Waals surface area (Å²) in [5.74, 6) is 0. The fraction of sp³-hybridized carbons (Fsp3) is 0.643. The third-order valence-corrected chi connectivity index (χ3v) is 3.49. The van der Waals surface area contributed by atoms with E-state index in [1.165, 1.54) is 30.6 Å². The Bertz CT molecular complexity index is 349. The lowest BCUT2D eigenvalue weighted by molar-refractivity contribution is 0.182. The molecule has 3 nitrogen and oxygen atoms in total. The van der Waals surface area contributed by atoms with E-state index < -0.39 is 0 Å². The highest BCUT2D eigenvalue weighted by Gasteiger charge is 2.19. The molecule has 0 saturated carbocycles. The van der Waals surface area contributed by atoms with Crippen LogP contribution < -0.4 is 5.32 Å². The molecular weight excluding hydrogens is 210 g/mol. The van der Waals surface area contributed by atoms with E-state index in [1.807, 2.05) is 12.3 Å². The zero-order valence-corrected chi connectivity index (χ0v) is 10.9. The molecule has 3 heteroatoms. The van der Waals surface area contributed by atoms with Crippen molar-refractivity contribution in [2.24, 2.45) is 0 Å². The van der Waals surface area contributed by atoms with Gasteiger partial charge in [-0.3, -0.25) is 9.88 Å². The highest BCUT2D eigenvalue weighted by molar-refractivity contribution is 5.17. The van der Waals surface area contributed by atoms with Gasteiger partial charge < -0.3 is 5.32 Å². The lowest BCUT2D eigenvalue weighted by Crippen LogP contribution is -2.45. The number of pyridine rings is 1. The number of hydrogen-bond donors (Lipinski definition) is 1. The summed E-state index contributed by atoms with van der Waals surface area (Å²) in [6.07, 6.45) is 4.50. The molecule has 0 spiro atoms. The Morgan fingerprint density at radius 1 is 1.53 bits per heavy atom. The van der Waals surface area contributed by atoms with Crippen molar-refractivity contribution in [3.8, 4) is 0 Å². The number of aryl methyl sites for hydroxylation is 1. The second kappa shape index (κ2) is 6.12. The highest BCUT2D eigenvalue weighted by Crippen LogP contribution is 2.14. The third kappa shape index (κ3) is 3.51. The Balaban J connectivity index is 1.92. The van der Waals surface area contributed by atoms with Crippen LogP contribution in [-0.4, -0.2) is 35.6 Å². The maximum atomic E-state index is 4.48. The molecule has 1 saturated heterocycles. The quantitative estimate of drug-likeness (QED) is 0.861. The van der Waals surface area contributed by atoms with Gasteiger partial charge in [0.2, 0.25) is 0 Å². The van der Waals surface area contributed by atoms with E-state index in [-0.39, 0.29) is 0 Å². The van der Waals surface area contributed by atoms with Crippen molar-refractivity contribution in [2.45, 2.75) is 39.3 Å². The molecule has 0 aromatic carbocycles. The highest BCUT2D eigenvalue weighted by atomic mass is 15.2. The minimum atomic E-state index is 0.665. The van der Waals surface area contributed by atoms with Gasteiger partial charge in [0.05, 0.1) is 5.69 Å². The van der Waals surface area contributed by atoms with Crippen molar-refractivity contribution in [2.75, 3.05) is 19.6 Å². The maximum Gasteiger partial charge on any atom is 0.0573 e. The van der Waals surface area contributed by atoms with Gasteiger partial charge in [-0.2, -0.15) is 0 Å². The predicted octanol–water partition coefficient (Wildman–Crippen LogP) is 1.96. The fourth-order valence-corrected chi connectivity index (χ4v) is 2.55. The molecule has 1 atom stereocenters. The molecule has 1 N–H and O–H groups in total. The molecule has 1 fully saturated rings. The molecule has 0 aliphatic carbocycles. The molecule has 0 amide bonds. The summed E-state index contributed by atoms with van der Waals surface area (Å²) in [7, 11) is 0. The molecule has 0 radical (unpaired) electrons. The summed E-state index contributed by atoms with van der Waals surface area (Å²) in [5, 5.41) is 3.55. The largest absolute Gasteiger partial charge is 0.313 e. The van der Waals surface area contributed by atoms with E-state index >= 15 is 0 Å². The van der Waals surface area contributed by atoms with Crippen molar-refractivity contribution in [3.63, 3.8) is 0 Å². The van der Waals surface area contributed by atoms with Crippen LogP contribution in [0.1, 0.15) is 31.0 Å². The maximum absolute atomic E-state index is 4.48. The average Bonchev–Trinajstić information content (AvgIpc) is 2.33. The second-order valence-corrected chi connectivity index (χ2v) is 4.90. The van der Waals surface area contributed by atoms with Gasteiger partial charge in [0.15, 0.2) is 0 Å². The first-order chi connectivity index (χ1) is 8.29. The number of likely N-dealkylation sites (N-methyl/N-ethyl adjacent to an activating group) is 1. The first-order valence-corrected chi connectivity index (χ1v) is 6.66. The first-order valence-electron chi connectivity index (χ1n) is 6.66. The van der Waals surface area contributed by atoms with E-state index in [1.54, 1.807) is 0 Å². The van der Waals surface area contributed by atoms with Crippen LogP contribution in [0.5, 0.6) is 0 Å². The molecule has 1 aliphatic heterocycles. The van der Waals surface area contributed by atoms with E-state index in [0.29, 0.717) is 6.04 Å². The Morgan fingerprint density at radius 2 is 2.41 bits per heavy atom. The van der Waals surface area contributed by atoms with Gasteiger partial charge >= 0.3 is 0 Å². The number of aromatic nitrogens is 1. The fourth-order valence-electron chi connectivity index (χ4n) is 2.55. The Labute approximate surface area is 104 Å². The van der Waals surface area contributed by atoms with Crippen molar-refractivity contribution in [1.82, 2.24) is 15.2 Å². The molecular formula is C14H23N3. The summed E-state index contributed by atoms with van der Waals surface area (Å²) >= 11 is 0. The van der Waals surface area contributed by atoms with Gasteiger partial charge in [0.25, 0.3) is 0 Å². The Hall–Kier alpha value is -0.930. The smallest absolute Gasteiger partial charge is 0.0573 e. The molecule has 94 valence electrons. The molecule has 1 aromatic rings. The zero-order chi connectivity index (χ0) is 12.1. The molecule has 0 bridgehead atoms. The van der Waals surface area contributed by atoms with Gasteiger partial charge in [0, 0.05) is 25.3 Å². The predicted molar refractivity (Wildman–Crippen MR) is 70.9 cm³/mol. The van der Waals surface area contributed by atoms with Crippen LogP contribution in [0.2, 0.25) is 0 Å². The third-order valence-electron chi connectivity index (χ3n) is 3.49. The standard InChI is InChI=1S/C14H23N3/c1-3-15-13-7-5-9-17(10-13)11-14-12(2)6-4-8-16-14/h4,6,8,13,15H,3,5,7,9-11H2,1-2H3. The van der Waals surface area contributed by atoms with Gasteiger partial charge in [-0.25, -0.2) is 0 Å². The van der Waals surface area contributed by atoms with E-state index in [4.69, 9.17) is 0 Å². The van der Waals surface area contributed by atoms with Crippen LogP contribution in [-0.2, 0) is 6.54 Å². The van der Waals surface area contributed by atoms with Crippen LogP contribution in [0.15, 0.2) is 18.3 Å². The number of likely N-dealkylation sites (tertiary alicyclic amines) is 1. The summed E-state index contributed by atoms with van der Waals surface area (Å²) in [6.45, 7) is 8.76. The average molecular weight is 233 g/mol. The molecule has 17 heavy (non-hydrogen) atoms. The number of rotatable bonds is 4. The van der Waals surface area contributed by atoms with Crippen molar-refractivity contribution < 1.29 is 0 Å². The van der Waals surface area contributed by atoms with E-state index in [9.17, 15) is 0 Å². The van der Waals surface area contributed by atoms with E-state index in [0.717, 1.165) is 19.6 Å². The topological polar surface area (TPSA) is 28.2 Å². The summed E-state index contributed by atoms with van der Waals surface area (Å²) in [5.41, 5.74) is 2.53. The van der Waals surface area contributed by atoms with Crippen LogP contribution in [0.3, 0.4) is 0 Å². The number of nitrogens with one attached hydrogen (secondary N) is 1. The van der Waals surface area contributed by atoms with Crippen LogP contribution in [0.25, 0.3) is 0 Å². The van der Waals surface area contributed by atoms with Crippen molar-refractivity contribution in [3.05, 3.63) is 29.6 Å². The van der Waals surface area contributed by atoms with Crippen molar-refractivity contribution >= 4 is 0 Å². The molecule has 1 aliphatic rings. The SMILES string of the molecule is CCNC1CCCN(Cc2ncccc2C)C1. The lowest BCUT2D eigenvalue weighted by atomic mass is 10.0. The molecule has 1 unspecified atom stereocenters. The number of hydrogen-bond acceptors (Lipinski definition) is 3. The minimum absolute atomic E-state index is 0.665. The zero-order valence-electron chi connectivity index (χ0n) is 10.9. The molecule has 2 heterocycles. The summed E-state index contributed by atoms with van der Waals surface area (Å²) < 4.78 is 0. The Morgan fingerprint density at radius 3 is 3.18 bits per heavy atom. The summed E-state index contributed by atoms with van der Waals surface area (Å²) in [4.78, 5) is 7.00. The van der Waals surface area contributed by atoms with Crippen LogP contribution >= 0.6 is 0 Å². The van der Waals surface area contributed by atoms with Gasteiger partial charge in [-0.05, 0) is 44.5 Å². The Kier molecular flexibility index (Phi) is 4.51. The molecule has 2 rings (SSSR count). The number of nitrogens with zero attached hydrogens (tertiary/aromatic N) is 2. The molecule has 1 aromatic heterocycles. The monoisotopic (exact) mass is 233 g/mol. The normalized spacial score (nSPS) is 21.6. The van der Waals surface area contributed by atoms with Crippen LogP contribution in [0, 0.1) is 6.92 Å². The van der Waals surface area contributed by atoms with Gasteiger partial charge in [-0.1, -0.05) is 13.0 Å². The van der Waals surface area contributed by atoms with Crippen molar-refractivity contribution in [1.29, 1.82) is 0 Å². The first kappa shape index (κ1) is 12.5. The number of piperidine rings is 1.